The van der Waals surface area contributed by atoms with Gasteiger partial charge >= 0.3 is 0 Å². The van der Waals surface area contributed by atoms with E-state index in [1.54, 1.807) is 24.5 Å². The Balaban J connectivity index is 2.06. The first-order valence-corrected chi connectivity index (χ1v) is 6.74. The van der Waals surface area contributed by atoms with E-state index in [0.29, 0.717) is 18.8 Å². The molecule has 0 unspecified atom stereocenters. The molecule has 2 heterocycles. The number of carbonyl (C=O) groups is 1. The lowest BCUT2D eigenvalue weighted by molar-refractivity contribution is 0.0442. The van der Waals surface area contributed by atoms with E-state index in [1.165, 1.54) is 0 Å². The number of pyridine rings is 1. The lowest BCUT2D eigenvalue weighted by Crippen LogP contribution is -2.53. The van der Waals surface area contributed by atoms with Gasteiger partial charge in [-0.1, -0.05) is 15.9 Å². The third kappa shape index (κ3) is 3.04. The largest absolute Gasteiger partial charge is 0.381 e. The first-order chi connectivity index (χ1) is 8.26. The summed E-state index contributed by atoms with van der Waals surface area (Å²) in [5.41, 5.74) is 0.407. The van der Waals surface area contributed by atoms with Gasteiger partial charge in [0.25, 0.3) is 5.91 Å². The number of amides is 1. The third-order valence-corrected chi connectivity index (χ3v) is 4.08. The highest BCUT2D eigenvalue weighted by atomic mass is 79.9. The van der Waals surface area contributed by atoms with Crippen LogP contribution in [-0.2, 0) is 4.74 Å². The van der Waals surface area contributed by atoms with E-state index in [0.717, 1.165) is 18.2 Å². The Bertz CT molecular complexity index is 377. The van der Waals surface area contributed by atoms with Gasteiger partial charge in [0.15, 0.2) is 0 Å². The molecule has 17 heavy (non-hydrogen) atoms. The molecule has 0 atom stereocenters. The van der Waals surface area contributed by atoms with Gasteiger partial charge in [-0.2, -0.15) is 0 Å². The number of hydrogen-bond donors (Lipinski definition) is 1. The smallest absolute Gasteiger partial charge is 0.253 e. The molecule has 0 spiro atoms. The molecule has 1 fully saturated rings. The van der Waals surface area contributed by atoms with Crippen molar-refractivity contribution in [2.24, 2.45) is 0 Å². The van der Waals surface area contributed by atoms with Crippen molar-refractivity contribution in [3.05, 3.63) is 30.1 Å². The van der Waals surface area contributed by atoms with Crippen LogP contribution >= 0.6 is 15.9 Å². The van der Waals surface area contributed by atoms with Crippen molar-refractivity contribution in [3.8, 4) is 0 Å². The van der Waals surface area contributed by atoms with Crippen molar-refractivity contribution in [2.75, 3.05) is 18.5 Å². The number of ether oxygens (including phenoxy) is 1. The highest BCUT2D eigenvalue weighted by Gasteiger charge is 2.33. The monoisotopic (exact) mass is 298 g/mol. The number of alkyl halides is 1. The van der Waals surface area contributed by atoms with Crippen LogP contribution in [-0.4, -0.2) is 35.0 Å². The summed E-state index contributed by atoms with van der Waals surface area (Å²) in [6, 6.07) is 3.53. The van der Waals surface area contributed by atoms with E-state index in [4.69, 9.17) is 4.74 Å². The molecule has 1 aliphatic heterocycles. The van der Waals surface area contributed by atoms with Crippen molar-refractivity contribution in [1.29, 1.82) is 0 Å². The molecule has 1 aromatic heterocycles. The van der Waals surface area contributed by atoms with Gasteiger partial charge in [0.05, 0.1) is 11.1 Å². The third-order valence-electron chi connectivity index (χ3n) is 3.01. The maximum atomic E-state index is 12.1. The van der Waals surface area contributed by atoms with E-state index < -0.39 is 0 Å². The van der Waals surface area contributed by atoms with Crippen molar-refractivity contribution < 1.29 is 9.53 Å². The first-order valence-electron chi connectivity index (χ1n) is 5.62. The van der Waals surface area contributed by atoms with E-state index in [-0.39, 0.29) is 11.4 Å². The molecule has 0 aliphatic carbocycles. The number of aromatic nitrogens is 1. The van der Waals surface area contributed by atoms with Gasteiger partial charge in [-0.25, -0.2) is 0 Å². The molecule has 5 heteroatoms. The molecule has 0 saturated carbocycles. The van der Waals surface area contributed by atoms with Crippen LogP contribution in [0.15, 0.2) is 24.5 Å². The van der Waals surface area contributed by atoms with E-state index in [1.807, 2.05) is 0 Å². The van der Waals surface area contributed by atoms with Crippen LogP contribution in [0.1, 0.15) is 23.2 Å². The molecular weight excluding hydrogens is 284 g/mol. The minimum Gasteiger partial charge on any atom is -0.381 e. The van der Waals surface area contributed by atoms with Crippen molar-refractivity contribution >= 4 is 21.8 Å². The standard InChI is InChI=1S/C12H15BrN2O2/c13-9-12(3-6-17-7-4-12)15-11(16)10-2-1-5-14-8-10/h1-2,5,8H,3-4,6-7,9H2,(H,15,16). The molecule has 0 aromatic carbocycles. The van der Waals surface area contributed by atoms with Gasteiger partial charge in [0.1, 0.15) is 0 Å². The Hall–Kier alpha value is -0.940. The van der Waals surface area contributed by atoms with Crippen LogP contribution in [0.25, 0.3) is 0 Å². The Morgan fingerprint density at radius 3 is 2.88 bits per heavy atom. The summed E-state index contributed by atoms with van der Waals surface area (Å²) < 4.78 is 5.33. The summed E-state index contributed by atoms with van der Waals surface area (Å²) in [4.78, 5) is 16.0. The number of carbonyl (C=O) groups excluding carboxylic acids is 1. The number of nitrogens with zero attached hydrogens (tertiary/aromatic N) is 1. The Labute approximate surface area is 109 Å². The number of halogens is 1. The normalized spacial score (nSPS) is 18.6. The molecule has 1 saturated heterocycles. The molecule has 2 rings (SSSR count). The number of hydrogen-bond acceptors (Lipinski definition) is 3. The fraction of sp³-hybridized carbons (Fsp3) is 0.500. The summed E-state index contributed by atoms with van der Waals surface area (Å²) in [5.74, 6) is -0.0700. The molecule has 1 aliphatic rings. The van der Waals surface area contributed by atoms with Gasteiger partial charge in [0.2, 0.25) is 0 Å². The van der Waals surface area contributed by atoms with Crippen molar-refractivity contribution in [2.45, 2.75) is 18.4 Å². The Morgan fingerprint density at radius 1 is 1.53 bits per heavy atom. The van der Waals surface area contributed by atoms with E-state index in [9.17, 15) is 4.79 Å². The van der Waals surface area contributed by atoms with Crippen LogP contribution < -0.4 is 5.32 Å². The van der Waals surface area contributed by atoms with Crippen LogP contribution in [0.3, 0.4) is 0 Å². The molecule has 1 amide bonds. The second kappa shape index (κ2) is 5.60. The first kappa shape index (κ1) is 12.5. The maximum absolute atomic E-state index is 12.1. The lowest BCUT2D eigenvalue weighted by atomic mass is 9.92. The predicted molar refractivity (Wildman–Crippen MR) is 68.3 cm³/mol. The highest BCUT2D eigenvalue weighted by molar-refractivity contribution is 9.09. The van der Waals surface area contributed by atoms with Gasteiger partial charge in [0, 0.05) is 30.9 Å². The minimum absolute atomic E-state index is 0.0700. The Morgan fingerprint density at radius 2 is 2.29 bits per heavy atom. The molecule has 0 bridgehead atoms. The zero-order chi connectivity index (χ0) is 12.1. The molecule has 1 aromatic rings. The van der Waals surface area contributed by atoms with Crippen molar-refractivity contribution in [1.82, 2.24) is 10.3 Å². The molecule has 4 nitrogen and oxygen atoms in total. The van der Waals surface area contributed by atoms with E-state index >= 15 is 0 Å². The fourth-order valence-electron chi connectivity index (χ4n) is 1.86. The van der Waals surface area contributed by atoms with Gasteiger partial charge in [-0.3, -0.25) is 9.78 Å². The SMILES string of the molecule is O=C(NC1(CBr)CCOCC1)c1cccnc1. The van der Waals surface area contributed by atoms with Crippen LogP contribution in [0, 0.1) is 0 Å². The highest BCUT2D eigenvalue weighted by Crippen LogP contribution is 2.23. The average molecular weight is 299 g/mol. The fourth-order valence-corrected chi connectivity index (χ4v) is 2.57. The zero-order valence-electron chi connectivity index (χ0n) is 9.49. The van der Waals surface area contributed by atoms with Gasteiger partial charge in [-0.15, -0.1) is 0 Å². The maximum Gasteiger partial charge on any atom is 0.253 e. The van der Waals surface area contributed by atoms with Crippen LogP contribution in [0.5, 0.6) is 0 Å². The minimum atomic E-state index is -0.189. The molecular formula is C12H15BrN2O2. The number of rotatable bonds is 3. The molecule has 1 N–H and O–H groups in total. The van der Waals surface area contributed by atoms with Gasteiger partial charge < -0.3 is 10.1 Å². The van der Waals surface area contributed by atoms with Crippen molar-refractivity contribution in [3.63, 3.8) is 0 Å². The van der Waals surface area contributed by atoms with Crippen LogP contribution in [0.4, 0.5) is 0 Å². The Kier molecular flexibility index (Phi) is 4.12. The topological polar surface area (TPSA) is 51.2 Å². The summed E-state index contributed by atoms with van der Waals surface area (Å²) in [7, 11) is 0. The lowest BCUT2D eigenvalue weighted by Gasteiger charge is -2.36. The second-order valence-electron chi connectivity index (χ2n) is 4.22. The number of nitrogens with one attached hydrogen (secondary N) is 1. The summed E-state index contributed by atoms with van der Waals surface area (Å²) in [6.45, 7) is 1.39. The molecule has 0 radical (unpaired) electrons. The zero-order valence-corrected chi connectivity index (χ0v) is 11.1. The van der Waals surface area contributed by atoms with E-state index in [2.05, 4.69) is 26.2 Å². The average Bonchev–Trinajstić information content (AvgIpc) is 2.41. The van der Waals surface area contributed by atoms with Crippen LogP contribution in [0.2, 0.25) is 0 Å². The second-order valence-corrected chi connectivity index (χ2v) is 4.78. The van der Waals surface area contributed by atoms with Gasteiger partial charge in [-0.05, 0) is 25.0 Å². The summed E-state index contributed by atoms with van der Waals surface area (Å²) in [5, 5.41) is 3.84. The molecule has 92 valence electrons. The summed E-state index contributed by atoms with van der Waals surface area (Å²) >= 11 is 3.48. The quantitative estimate of drug-likeness (QED) is 0.865. The summed E-state index contributed by atoms with van der Waals surface area (Å²) in [6.07, 6.45) is 4.91. The predicted octanol–water partition coefficient (Wildman–Crippen LogP) is 1.76.